The lowest BCUT2D eigenvalue weighted by Gasteiger charge is -2.18. The number of rotatable bonds is 4. The van der Waals surface area contributed by atoms with E-state index in [1.54, 1.807) is 0 Å². The second-order valence-electron chi connectivity index (χ2n) is 4.76. The topological polar surface area (TPSA) is 21.3 Å². The van der Waals surface area contributed by atoms with Crippen LogP contribution >= 0.6 is 0 Å². The van der Waals surface area contributed by atoms with Crippen molar-refractivity contribution >= 4 is 0 Å². The van der Waals surface area contributed by atoms with Crippen LogP contribution in [0.4, 0.5) is 0 Å². The summed E-state index contributed by atoms with van der Waals surface area (Å²) in [6.07, 6.45) is 2.44. The molecule has 0 fully saturated rings. The van der Waals surface area contributed by atoms with Gasteiger partial charge in [0.2, 0.25) is 0 Å². The van der Waals surface area contributed by atoms with Gasteiger partial charge < -0.3 is 10.1 Å². The normalized spacial score (nSPS) is 20.3. The zero-order valence-corrected chi connectivity index (χ0v) is 10.4. The van der Waals surface area contributed by atoms with Crippen LogP contribution in [-0.2, 0) is 0 Å². The first-order valence-corrected chi connectivity index (χ1v) is 6.20. The van der Waals surface area contributed by atoms with E-state index in [-0.39, 0.29) is 0 Å². The fourth-order valence-corrected chi connectivity index (χ4v) is 2.33. The number of hydrogen-bond acceptors (Lipinski definition) is 2. The summed E-state index contributed by atoms with van der Waals surface area (Å²) in [5.74, 6) is 1.05. The van der Waals surface area contributed by atoms with Gasteiger partial charge in [0.1, 0.15) is 12.4 Å². The molecule has 2 rings (SSSR count). The summed E-state index contributed by atoms with van der Waals surface area (Å²) in [6, 6.07) is 7.35. The van der Waals surface area contributed by atoms with Gasteiger partial charge in [0, 0.05) is 11.6 Å². The molecule has 0 saturated carbocycles. The van der Waals surface area contributed by atoms with Crippen molar-refractivity contribution in [1.82, 2.24) is 5.32 Å². The monoisotopic (exact) mass is 219 g/mol. The Morgan fingerprint density at radius 1 is 1.50 bits per heavy atom. The molecule has 0 aromatic heterocycles. The first-order valence-electron chi connectivity index (χ1n) is 6.20. The maximum absolute atomic E-state index is 5.68. The molecule has 1 N–H and O–H groups in total. The standard InChI is InChI=1S/C14H21NO/c1-4-5-11(3)15-13-9-16-14-7-6-10(2)8-12(13)14/h6-8,11,13,15H,4-5,9H2,1-3H3. The number of nitrogens with one attached hydrogen (secondary N) is 1. The molecule has 2 atom stereocenters. The minimum Gasteiger partial charge on any atom is -0.491 e. The highest BCUT2D eigenvalue weighted by Gasteiger charge is 2.24. The van der Waals surface area contributed by atoms with Gasteiger partial charge in [0.15, 0.2) is 0 Å². The van der Waals surface area contributed by atoms with Crippen molar-refractivity contribution in [3.8, 4) is 5.75 Å². The maximum atomic E-state index is 5.68. The summed E-state index contributed by atoms with van der Waals surface area (Å²) < 4.78 is 5.68. The van der Waals surface area contributed by atoms with Crippen LogP contribution in [0.3, 0.4) is 0 Å². The summed E-state index contributed by atoms with van der Waals surface area (Å²) in [7, 11) is 0. The van der Waals surface area contributed by atoms with Gasteiger partial charge in [-0.1, -0.05) is 31.0 Å². The number of benzene rings is 1. The van der Waals surface area contributed by atoms with E-state index >= 15 is 0 Å². The van der Waals surface area contributed by atoms with Gasteiger partial charge in [-0.15, -0.1) is 0 Å². The van der Waals surface area contributed by atoms with Crippen LogP contribution in [0.25, 0.3) is 0 Å². The maximum Gasteiger partial charge on any atom is 0.124 e. The lowest BCUT2D eigenvalue weighted by molar-refractivity contribution is 0.297. The minimum absolute atomic E-state index is 0.372. The van der Waals surface area contributed by atoms with Crippen molar-refractivity contribution in [2.75, 3.05) is 6.61 Å². The molecule has 0 amide bonds. The first kappa shape index (κ1) is 11.5. The molecule has 1 aliphatic rings. The molecule has 0 aliphatic carbocycles. The predicted octanol–water partition coefficient (Wildman–Crippen LogP) is 3.21. The Balaban J connectivity index is 2.08. The smallest absolute Gasteiger partial charge is 0.124 e. The Hall–Kier alpha value is -1.02. The predicted molar refractivity (Wildman–Crippen MR) is 66.9 cm³/mol. The van der Waals surface area contributed by atoms with Gasteiger partial charge in [0.25, 0.3) is 0 Å². The average molecular weight is 219 g/mol. The quantitative estimate of drug-likeness (QED) is 0.839. The molecule has 2 unspecified atom stereocenters. The molecular formula is C14H21NO. The zero-order valence-electron chi connectivity index (χ0n) is 10.4. The van der Waals surface area contributed by atoms with E-state index in [1.807, 2.05) is 0 Å². The van der Waals surface area contributed by atoms with E-state index < -0.39 is 0 Å². The van der Waals surface area contributed by atoms with Gasteiger partial charge in [-0.3, -0.25) is 0 Å². The summed E-state index contributed by atoms with van der Waals surface area (Å²) >= 11 is 0. The van der Waals surface area contributed by atoms with Gasteiger partial charge in [-0.25, -0.2) is 0 Å². The van der Waals surface area contributed by atoms with E-state index in [1.165, 1.54) is 24.0 Å². The molecule has 0 bridgehead atoms. The zero-order chi connectivity index (χ0) is 11.5. The molecule has 88 valence electrons. The fraction of sp³-hybridized carbons (Fsp3) is 0.571. The number of fused-ring (bicyclic) bond motifs is 1. The first-order chi connectivity index (χ1) is 7.70. The van der Waals surface area contributed by atoms with E-state index in [2.05, 4.69) is 44.3 Å². The number of hydrogen-bond donors (Lipinski definition) is 1. The van der Waals surface area contributed by atoms with Crippen LogP contribution < -0.4 is 10.1 Å². The third-order valence-electron chi connectivity index (χ3n) is 3.15. The van der Waals surface area contributed by atoms with E-state index in [0.29, 0.717) is 12.1 Å². The molecule has 16 heavy (non-hydrogen) atoms. The number of aryl methyl sites for hydroxylation is 1. The SMILES string of the molecule is CCCC(C)NC1COc2ccc(C)cc21. The van der Waals surface area contributed by atoms with Crippen molar-refractivity contribution in [3.63, 3.8) is 0 Å². The van der Waals surface area contributed by atoms with Gasteiger partial charge >= 0.3 is 0 Å². The van der Waals surface area contributed by atoms with Crippen LogP contribution in [0.15, 0.2) is 18.2 Å². The molecule has 1 heterocycles. The fourth-order valence-electron chi connectivity index (χ4n) is 2.33. The molecule has 0 saturated heterocycles. The van der Waals surface area contributed by atoms with Crippen molar-refractivity contribution in [1.29, 1.82) is 0 Å². The second-order valence-corrected chi connectivity index (χ2v) is 4.76. The molecule has 2 nitrogen and oxygen atoms in total. The molecular weight excluding hydrogens is 198 g/mol. The van der Waals surface area contributed by atoms with Crippen molar-refractivity contribution < 1.29 is 4.74 Å². The molecule has 1 aliphatic heterocycles. The lowest BCUT2D eigenvalue weighted by Crippen LogP contribution is -2.31. The van der Waals surface area contributed by atoms with E-state index in [9.17, 15) is 0 Å². The van der Waals surface area contributed by atoms with Gasteiger partial charge in [-0.2, -0.15) is 0 Å². The highest BCUT2D eigenvalue weighted by Crippen LogP contribution is 2.33. The Morgan fingerprint density at radius 3 is 3.06 bits per heavy atom. The Labute approximate surface area is 98.0 Å². The molecule has 1 aromatic rings. The molecule has 2 heteroatoms. The average Bonchev–Trinajstić information content (AvgIpc) is 2.61. The highest BCUT2D eigenvalue weighted by atomic mass is 16.5. The lowest BCUT2D eigenvalue weighted by atomic mass is 10.0. The van der Waals surface area contributed by atoms with Crippen molar-refractivity contribution in [3.05, 3.63) is 29.3 Å². The van der Waals surface area contributed by atoms with Crippen LogP contribution in [0.2, 0.25) is 0 Å². The summed E-state index contributed by atoms with van der Waals surface area (Å²) in [5, 5.41) is 3.64. The van der Waals surface area contributed by atoms with Gasteiger partial charge in [-0.05, 0) is 26.3 Å². The number of ether oxygens (including phenoxy) is 1. The minimum atomic E-state index is 0.372. The third-order valence-corrected chi connectivity index (χ3v) is 3.15. The van der Waals surface area contributed by atoms with Gasteiger partial charge in [0.05, 0.1) is 6.04 Å². The van der Waals surface area contributed by atoms with Crippen molar-refractivity contribution in [2.24, 2.45) is 0 Å². The van der Waals surface area contributed by atoms with Crippen LogP contribution in [-0.4, -0.2) is 12.6 Å². The highest BCUT2D eigenvalue weighted by molar-refractivity contribution is 5.42. The molecule has 0 spiro atoms. The Morgan fingerprint density at radius 2 is 2.31 bits per heavy atom. The van der Waals surface area contributed by atoms with Crippen LogP contribution in [0, 0.1) is 6.92 Å². The Bertz CT molecular complexity index is 362. The van der Waals surface area contributed by atoms with Crippen LogP contribution in [0.5, 0.6) is 5.75 Å². The summed E-state index contributed by atoms with van der Waals surface area (Å²) in [6.45, 7) is 7.37. The van der Waals surface area contributed by atoms with Crippen LogP contribution in [0.1, 0.15) is 43.9 Å². The Kier molecular flexibility index (Phi) is 3.49. The molecule has 1 aromatic carbocycles. The molecule has 0 radical (unpaired) electrons. The third kappa shape index (κ3) is 2.38. The summed E-state index contributed by atoms with van der Waals surface area (Å²) in [5.41, 5.74) is 2.63. The summed E-state index contributed by atoms with van der Waals surface area (Å²) in [4.78, 5) is 0. The van der Waals surface area contributed by atoms with Crippen molar-refractivity contribution in [2.45, 2.75) is 45.7 Å². The van der Waals surface area contributed by atoms with E-state index in [4.69, 9.17) is 4.74 Å². The second kappa shape index (κ2) is 4.88. The largest absolute Gasteiger partial charge is 0.491 e. The van der Waals surface area contributed by atoms with E-state index in [0.717, 1.165) is 12.4 Å².